The van der Waals surface area contributed by atoms with Gasteiger partial charge in [0.1, 0.15) is 53.3 Å². The molecule has 10 nitrogen and oxygen atoms in total. The van der Waals surface area contributed by atoms with E-state index in [1.807, 2.05) is 35.4 Å². The standard InChI is InChI=1S/C28H28FN7O3/c1-17-31-14-21(35(17)2)15-38-23-11-19(29)12-24(13-23)39-22-5-3-18(4-6-22)26-25-27(30)32-16-33-28(25)36(34-26)20-7-9-37-10-8-20/h3-6,11-14,16,20H,7-10,15H2,1-2H3,(H2,30,32,33). The van der Waals surface area contributed by atoms with Crippen LogP contribution < -0.4 is 15.2 Å². The molecule has 1 aliphatic rings. The number of anilines is 1. The summed E-state index contributed by atoms with van der Waals surface area (Å²) >= 11 is 0. The Bertz CT molecular complexity index is 1620. The zero-order chi connectivity index (χ0) is 26.9. The first-order valence-electron chi connectivity index (χ1n) is 12.7. The Morgan fingerprint density at radius 2 is 1.79 bits per heavy atom. The summed E-state index contributed by atoms with van der Waals surface area (Å²) in [6.45, 7) is 3.54. The van der Waals surface area contributed by atoms with Crippen molar-refractivity contribution in [1.29, 1.82) is 0 Å². The Labute approximate surface area is 224 Å². The van der Waals surface area contributed by atoms with Crippen molar-refractivity contribution in [3.8, 4) is 28.5 Å². The molecule has 2 aromatic carbocycles. The second-order valence-corrected chi connectivity index (χ2v) is 9.49. The largest absolute Gasteiger partial charge is 0.487 e. The lowest BCUT2D eigenvalue weighted by Gasteiger charge is -2.22. The predicted octanol–water partition coefficient (Wildman–Crippen LogP) is 4.98. The van der Waals surface area contributed by atoms with E-state index in [2.05, 4.69) is 15.0 Å². The number of nitrogen functional groups attached to an aromatic ring is 1. The van der Waals surface area contributed by atoms with Crippen molar-refractivity contribution in [1.82, 2.24) is 29.3 Å². The number of benzene rings is 2. The first kappa shape index (κ1) is 24.8. The number of aryl methyl sites for hydroxylation is 1. The Morgan fingerprint density at radius 3 is 2.54 bits per heavy atom. The van der Waals surface area contributed by atoms with Gasteiger partial charge in [-0.25, -0.2) is 24.0 Å². The molecule has 0 aliphatic carbocycles. The molecule has 1 saturated heterocycles. The molecule has 0 saturated carbocycles. The van der Waals surface area contributed by atoms with Gasteiger partial charge in [0, 0.05) is 44.0 Å². The van der Waals surface area contributed by atoms with E-state index in [1.54, 1.807) is 24.4 Å². The minimum absolute atomic E-state index is 0.179. The van der Waals surface area contributed by atoms with E-state index in [-0.39, 0.29) is 12.6 Å². The fourth-order valence-corrected chi connectivity index (χ4v) is 4.72. The molecule has 4 heterocycles. The summed E-state index contributed by atoms with van der Waals surface area (Å²) in [5.74, 6) is 2.02. The molecule has 0 unspecified atom stereocenters. The van der Waals surface area contributed by atoms with Crippen molar-refractivity contribution in [3.05, 3.63) is 72.3 Å². The van der Waals surface area contributed by atoms with E-state index in [1.165, 1.54) is 18.5 Å². The molecule has 0 amide bonds. The summed E-state index contributed by atoms with van der Waals surface area (Å²) in [6, 6.07) is 11.9. The van der Waals surface area contributed by atoms with Gasteiger partial charge in [-0.05, 0) is 44.0 Å². The van der Waals surface area contributed by atoms with Crippen LogP contribution in [0.1, 0.15) is 30.4 Å². The summed E-state index contributed by atoms with van der Waals surface area (Å²) in [4.78, 5) is 12.9. The van der Waals surface area contributed by atoms with E-state index < -0.39 is 5.82 Å². The van der Waals surface area contributed by atoms with Crippen molar-refractivity contribution in [2.45, 2.75) is 32.4 Å². The van der Waals surface area contributed by atoms with Crippen LogP contribution in [0.15, 0.2) is 55.0 Å². The van der Waals surface area contributed by atoms with Gasteiger partial charge in [-0.15, -0.1) is 0 Å². The topological polar surface area (TPSA) is 115 Å². The Kier molecular flexibility index (Phi) is 6.57. The minimum Gasteiger partial charge on any atom is -0.487 e. The lowest BCUT2D eigenvalue weighted by Crippen LogP contribution is -2.20. The molecule has 39 heavy (non-hydrogen) atoms. The lowest BCUT2D eigenvalue weighted by molar-refractivity contribution is 0.0674. The fraction of sp³-hybridized carbons (Fsp3) is 0.286. The highest BCUT2D eigenvalue weighted by atomic mass is 19.1. The SMILES string of the molecule is Cc1ncc(COc2cc(F)cc(Oc3ccc(-c4nn(C5CCOCC5)c5ncnc(N)c45)cc3)c2)n1C. The zero-order valence-electron chi connectivity index (χ0n) is 21.7. The van der Waals surface area contributed by atoms with Crippen LogP contribution in [0.25, 0.3) is 22.3 Å². The van der Waals surface area contributed by atoms with Gasteiger partial charge in [-0.2, -0.15) is 5.10 Å². The monoisotopic (exact) mass is 529 g/mol. The first-order chi connectivity index (χ1) is 19.0. The molecular formula is C28H28FN7O3. The van der Waals surface area contributed by atoms with Crippen LogP contribution in [0.2, 0.25) is 0 Å². The van der Waals surface area contributed by atoms with E-state index in [9.17, 15) is 4.39 Å². The number of ether oxygens (including phenoxy) is 3. The van der Waals surface area contributed by atoms with Crippen molar-refractivity contribution in [2.75, 3.05) is 18.9 Å². The van der Waals surface area contributed by atoms with E-state index in [0.717, 1.165) is 29.9 Å². The third-order valence-electron chi connectivity index (χ3n) is 6.97. The number of nitrogens with zero attached hydrogens (tertiary/aromatic N) is 6. The maximum Gasteiger partial charge on any atom is 0.164 e. The summed E-state index contributed by atoms with van der Waals surface area (Å²) in [6.07, 6.45) is 4.91. The van der Waals surface area contributed by atoms with Gasteiger partial charge in [0.2, 0.25) is 0 Å². The lowest BCUT2D eigenvalue weighted by atomic mass is 10.1. The summed E-state index contributed by atoms with van der Waals surface area (Å²) in [5.41, 5.74) is 9.40. The van der Waals surface area contributed by atoms with Crippen LogP contribution in [-0.2, 0) is 18.4 Å². The Hall–Kier alpha value is -4.51. The number of hydrogen-bond acceptors (Lipinski definition) is 8. The highest BCUT2D eigenvalue weighted by molar-refractivity contribution is 5.98. The van der Waals surface area contributed by atoms with Crippen LogP contribution in [0.5, 0.6) is 17.2 Å². The van der Waals surface area contributed by atoms with Crippen molar-refractivity contribution in [2.24, 2.45) is 7.05 Å². The van der Waals surface area contributed by atoms with E-state index >= 15 is 0 Å². The highest BCUT2D eigenvalue weighted by Crippen LogP contribution is 2.35. The van der Waals surface area contributed by atoms with Crippen LogP contribution >= 0.6 is 0 Å². The third kappa shape index (κ3) is 5.00. The molecule has 200 valence electrons. The maximum atomic E-state index is 14.3. The number of halogens is 1. The third-order valence-corrected chi connectivity index (χ3v) is 6.97. The number of fused-ring (bicyclic) bond motifs is 1. The quantitative estimate of drug-likeness (QED) is 0.314. The normalized spacial score (nSPS) is 14.1. The average Bonchev–Trinajstić information content (AvgIpc) is 3.49. The summed E-state index contributed by atoms with van der Waals surface area (Å²) < 4.78 is 35.5. The number of rotatable bonds is 7. The highest BCUT2D eigenvalue weighted by Gasteiger charge is 2.24. The smallest absolute Gasteiger partial charge is 0.164 e. The first-order valence-corrected chi connectivity index (χ1v) is 12.7. The van der Waals surface area contributed by atoms with Gasteiger partial charge in [0.25, 0.3) is 0 Å². The molecule has 6 rings (SSSR count). The molecule has 11 heteroatoms. The molecule has 1 aliphatic heterocycles. The van der Waals surface area contributed by atoms with E-state index in [4.69, 9.17) is 25.0 Å². The van der Waals surface area contributed by atoms with Gasteiger partial charge in [-0.3, -0.25) is 0 Å². The number of aromatic nitrogens is 6. The average molecular weight is 530 g/mol. The summed E-state index contributed by atoms with van der Waals surface area (Å²) in [5, 5.41) is 5.62. The van der Waals surface area contributed by atoms with Gasteiger partial charge in [-0.1, -0.05) is 0 Å². The van der Waals surface area contributed by atoms with Crippen LogP contribution in [0, 0.1) is 12.7 Å². The van der Waals surface area contributed by atoms with Gasteiger partial charge in [0.05, 0.1) is 23.3 Å². The maximum absolute atomic E-state index is 14.3. The Morgan fingerprint density at radius 1 is 1.03 bits per heavy atom. The van der Waals surface area contributed by atoms with Crippen LogP contribution in [-0.4, -0.2) is 42.5 Å². The van der Waals surface area contributed by atoms with Crippen LogP contribution in [0.3, 0.4) is 0 Å². The molecule has 5 aromatic rings. The molecule has 0 radical (unpaired) electrons. The molecule has 1 fully saturated rings. The second kappa shape index (κ2) is 10.3. The molecule has 3 aromatic heterocycles. The number of imidazole rings is 1. The Balaban J connectivity index is 1.23. The van der Waals surface area contributed by atoms with Gasteiger partial charge in [0.15, 0.2) is 5.65 Å². The fourth-order valence-electron chi connectivity index (χ4n) is 4.72. The zero-order valence-corrected chi connectivity index (χ0v) is 21.7. The molecule has 0 atom stereocenters. The van der Waals surface area contributed by atoms with Crippen molar-refractivity contribution >= 4 is 16.9 Å². The second-order valence-electron chi connectivity index (χ2n) is 9.49. The van der Waals surface area contributed by atoms with Crippen molar-refractivity contribution in [3.63, 3.8) is 0 Å². The van der Waals surface area contributed by atoms with E-state index in [0.29, 0.717) is 53.0 Å². The number of hydrogen-bond donors (Lipinski definition) is 1. The predicted molar refractivity (Wildman–Crippen MR) is 143 cm³/mol. The molecule has 0 spiro atoms. The van der Waals surface area contributed by atoms with Gasteiger partial charge < -0.3 is 24.5 Å². The summed E-state index contributed by atoms with van der Waals surface area (Å²) in [7, 11) is 1.91. The molecule has 0 bridgehead atoms. The minimum atomic E-state index is -0.457. The molecular weight excluding hydrogens is 501 g/mol. The van der Waals surface area contributed by atoms with Crippen molar-refractivity contribution < 1.29 is 18.6 Å². The van der Waals surface area contributed by atoms with Gasteiger partial charge >= 0.3 is 0 Å². The van der Waals surface area contributed by atoms with Crippen LogP contribution in [0.4, 0.5) is 10.2 Å². The molecule has 2 N–H and O–H groups in total. The number of nitrogens with two attached hydrogens (primary N) is 1.